The highest BCUT2D eigenvalue weighted by Gasteiger charge is 2.35. The minimum Gasteiger partial charge on any atom is -0.476 e. The summed E-state index contributed by atoms with van der Waals surface area (Å²) in [6.45, 7) is 4.20. The fraction of sp³-hybridized carbons (Fsp3) is 0.300. The smallest absolute Gasteiger partial charge is 0.308 e. The molecule has 2 aromatic carbocycles. The summed E-state index contributed by atoms with van der Waals surface area (Å²) in [7, 11) is -3.59. The van der Waals surface area contributed by atoms with Crippen molar-refractivity contribution in [2.24, 2.45) is 0 Å². The first-order chi connectivity index (χ1) is 14.2. The molecule has 30 heavy (non-hydrogen) atoms. The van der Waals surface area contributed by atoms with Gasteiger partial charge in [-0.25, -0.2) is 8.42 Å². The number of carbonyl (C=O) groups excluding carboxylic acids is 1. The number of sulfonamides is 1. The van der Waals surface area contributed by atoms with E-state index in [1.165, 1.54) is 4.31 Å². The summed E-state index contributed by atoms with van der Waals surface area (Å²) in [5.41, 5.74) is 2.64. The fourth-order valence-electron chi connectivity index (χ4n) is 3.48. The molecule has 0 radical (unpaired) electrons. The largest absolute Gasteiger partial charge is 0.476 e. The molecule has 1 aromatic heterocycles. The Hall–Kier alpha value is -2.85. The normalized spacial score (nSPS) is 16.2. The Labute approximate surface area is 177 Å². The molecule has 0 bridgehead atoms. The second kappa shape index (κ2) is 7.44. The third-order valence-corrected chi connectivity index (χ3v) is 7.02. The van der Waals surface area contributed by atoms with Gasteiger partial charge in [-0.1, -0.05) is 17.4 Å². The number of ether oxygens (including phenoxy) is 1. The molecule has 10 heteroatoms. The SMILES string of the molecule is CCn1c(=O)sc2cc(NC(=O)C3CN(S(C)(=O)=O)c4cc(C)ccc4O3)ccc21. The molecule has 1 amide bonds. The number of nitrogens with zero attached hydrogens (tertiary/aromatic N) is 2. The molecule has 3 aromatic rings. The molecular formula is C20H21N3O5S2. The number of fused-ring (bicyclic) bond motifs is 2. The van der Waals surface area contributed by atoms with Crippen LogP contribution in [0, 0.1) is 6.92 Å². The summed E-state index contributed by atoms with van der Waals surface area (Å²) in [5.74, 6) is -0.123. The van der Waals surface area contributed by atoms with Crippen LogP contribution in [0.3, 0.4) is 0 Å². The van der Waals surface area contributed by atoms with Gasteiger partial charge in [0.15, 0.2) is 6.10 Å². The highest BCUT2D eigenvalue weighted by atomic mass is 32.2. The average Bonchev–Trinajstić information content (AvgIpc) is 3.00. The van der Waals surface area contributed by atoms with Gasteiger partial charge in [-0.2, -0.15) is 0 Å². The molecule has 8 nitrogen and oxygen atoms in total. The van der Waals surface area contributed by atoms with Gasteiger partial charge in [0.2, 0.25) is 10.0 Å². The molecule has 0 fully saturated rings. The summed E-state index contributed by atoms with van der Waals surface area (Å²) < 4.78 is 34.0. The van der Waals surface area contributed by atoms with Crippen molar-refractivity contribution in [1.82, 2.24) is 4.57 Å². The molecule has 158 valence electrons. The first kappa shape index (κ1) is 20.4. The zero-order chi connectivity index (χ0) is 21.6. The Bertz CT molecular complexity index is 1310. The lowest BCUT2D eigenvalue weighted by atomic mass is 10.1. The number of aryl methyl sites for hydroxylation is 2. The third kappa shape index (κ3) is 3.68. The van der Waals surface area contributed by atoms with Gasteiger partial charge in [0.25, 0.3) is 5.91 Å². The zero-order valence-corrected chi connectivity index (χ0v) is 18.3. The standard InChI is InChI=1S/C20H21N3O5S2/c1-4-22-14-7-6-13(10-18(14)29-20(22)25)21-19(24)17-11-23(30(3,26)27)15-9-12(2)5-8-16(15)28-17/h5-10,17H,4,11H2,1-3H3,(H,21,24). The molecule has 0 saturated heterocycles. The van der Waals surface area contributed by atoms with Crippen molar-refractivity contribution in [3.63, 3.8) is 0 Å². The molecule has 1 N–H and O–H groups in total. The maximum absolute atomic E-state index is 12.9. The van der Waals surface area contributed by atoms with Crippen molar-refractivity contribution in [2.75, 3.05) is 22.4 Å². The molecule has 0 saturated carbocycles. The maximum atomic E-state index is 12.9. The minimum absolute atomic E-state index is 0.0534. The van der Waals surface area contributed by atoms with Crippen LogP contribution in [0.4, 0.5) is 11.4 Å². The van der Waals surface area contributed by atoms with Gasteiger partial charge in [-0.15, -0.1) is 0 Å². The number of hydrogen-bond acceptors (Lipinski definition) is 6. The molecule has 0 spiro atoms. The molecule has 1 atom stereocenters. The minimum atomic E-state index is -3.59. The van der Waals surface area contributed by atoms with E-state index in [-0.39, 0.29) is 11.4 Å². The van der Waals surface area contributed by atoms with Crippen LogP contribution in [0.5, 0.6) is 5.75 Å². The van der Waals surface area contributed by atoms with Crippen molar-refractivity contribution in [1.29, 1.82) is 0 Å². The quantitative estimate of drug-likeness (QED) is 0.663. The lowest BCUT2D eigenvalue weighted by molar-refractivity contribution is -0.122. The zero-order valence-electron chi connectivity index (χ0n) is 16.7. The summed E-state index contributed by atoms with van der Waals surface area (Å²) in [4.78, 5) is 24.8. The first-order valence-electron chi connectivity index (χ1n) is 9.36. The van der Waals surface area contributed by atoms with E-state index in [0.717, 1.165) is 33.4 Å². The predicted molar refractivity (Wildman–Crippen MR) is 118 cm³/mol. The summed E-state index contributed by atoms with van der Waals surface area (Å²) >= 11 is 1.11. The number of carbonyl (C=O) groups is 1. The number of rotatable bonds is 4. The number of hydrogen-bond donors (Lipinski definition) is 1. The number of nitrogens with one attached hydrogen (secondary N) is 1. The number of amides is 1. The van der Waals surface area contributed by atoms with Crippen molar-refractivity contribution in [3.8, 4) is 5.75 Å². The highest BCUT2D eigenvalue weighted by Crippen LogP contribution is 2.36. The van der Waals surface area contributed by atoms with E-state index in [2.05, 4.69) is 5.32 Å². The predicted octanol–water partition coefficient (Wildman–Crippen LogP) is 2.56. The van der Waals surface area contributed by atoms with E-state index in [1.54, 1.807) is 41.0 Å². The number of thiazole rings is 1. The Morgan fingerprint density at radius 1 is 1.27 bits per heavy atom. The van der Waals surface area contributed by atoms with Crippen LogP contribution in [0.15, 0.2) is 41.2 Å². The highest BCUT2D eigenvalue weighted by molar-refractivity contribution is 7.92. The van der Waals surface area contributed by atoms with Crippen LogP contribution in [-0.4, -0.2) is 37.8 Å². The van der Waals surface area contributed by atoms with Gasteiger partial charge >= 0.3 is 4.87 Å². The number of anilines is 2. The third-order valence-electron chi connectivity index (χ3n) is 4.93. The van der Waals surface area contributed by atoms with E-state index < -0.39 is 22.0 Å². The van der Waals surface area contributed by atoms with E-state index >= 15 is 0 Å². The number of benzene rings is 2. The lowest BCUT2D eigenvalue weighted by Crippen LogP contribution is -2.48. The van der Waals surface area contributed by atoms with Crippen LogP contribution in [0.25, 0.3) is 10.2 Å². The van der Waals surface area contributed by atoms with Crippen LogP contribution in [0.1, 0.15) is 12.5 Å². The molecule has 1 unspecified atom stereocenters. The van der Waals surface area contributed by atoms with E-state index in [1.807, 2.05) is 13.8 Å². The van der Waals surface area contributed by atoms with E-state index in [9.17, 15) is 18.0 Å². The van der Waals surface area contributed by atoms with Gasteiger partial charge in [0.05, 0.1) is 28.7 Å². The topological polar surface area (TPSA) is 97.7 Å². The number of aromatic nitrogens is 1. The maximum Gasteiger partial charge on any atom is 0.308 e. The summed E-state index contributed by atoms with van der Waals surface area (Å²) in [6, 6.07) is 10.4. The molecular weight excluding hydrogens is 426 g/mol. The van der Waals surface area contributed by atoms with Gasteiger partial charge in [0, 0.05) is 12.2 Å². The van der Waals surface area contributed by atoms with Crippen LogP contribution >= 0.6 is 11.3 Å². The molecule has 2 heterocycles. The van der Waals surface area contributed by atoms with Gasteiger partial charge in [-0.05, 0) is 49.7 Å². The molecule has 1 aliphatic heterocycles. The van der Waals surface area contributed by atoms with Gasteiger partial charge in [0.1, 0.15) is 5.75 Å². The van der Waals surface area contributed by atoms with Crippen molar-refractivity contribution in [3.05, 3.63) is 51.6 Å². The van der Waals surface area contributed by atoms with E-state index in [0.29, 0.717) is 23.7 Å². The van der Waals surface area contributed by atoms with Crippen molar-refractivity contribution in [2.45, 2.75) is 26.5 Å². The Kier molecular flexibility index (Phi) is 5.07. The Morgan fingerprint density at radius 3 is 2.73 bits per heavy atom. The van der Waals surface area contributed by atoms with Crippen LogP contribution < -0.4 is 19.2 Å². The average molecular weight is 448 g/mol. The van der Waals surface area contributed by atoms with Crippen molar-refractivity contribution < 1.29 is 17.9 Å². The summed E-state index contributed by atoms with van der Waals surface area (Å²) in [5, 5.41) is 2.77. The second-order valence-corrected chi connectivity index (χ2v) is 10.1. The van der Waals surface area contributed by atoms with Gasteiger partial charge < -0.3 is 10.1 Å². The summed E-state index contributed by atoms with van der Waals surface area (Å²) in [6.07, 6.45) is 0.0952. The Balaban J connectivity index is 1.61. The molecule has 0 aliphatic carbocycles. The fourth-order valence-corrected chi connectivity index (χ4v) is 5.38. The van der Waals surface area contributed by atoms with E-state index in [4.69, 9.17) is 4.74 Å². The Morgan fingerprint density at radius 2 is 2.03 bits per heavy atom. The monoisotopic (exact) mass is 447 g/mol. The first-order valence-corrected chi connectivity index (χ1v) is 12.0. The van der Waals surface area contributed by atoms with Crippen molar-refractivity contribution >= 4 is 48.9 Å². The molecule has 1 aliphatic rings. The second-order valence-electron chi connectivity index (χ2n) is 7.16. The van der Waals surface area contributed by atoms with Crippen LogP contribution in [-0.2, 0) is 21.4 Å². The van der Waals surface area contributed by atoms with Crippen LogP contribution in [0.2, 0.25) is 0 Å². The lowest BCUT2D eigenvalue weighted by Gasteiger charge is -2.34. The van der Waals surface area contributed by atoms with Gasteiger partial charge in [-0.3, -0.25) is 18.5 Å². The molecule has 4 rings (SSSR count).